The predicted molar refractivity (Wildman–Crippen MR) is 141 cm³/mol. The second-order valence-corrected chi connectivity index (χ2v) is 8.85. The normalized spacial score (nSPS) is 20.6. The Balaban J connectivity index is 1.97. The molecule has 3 amide bonds. The van der Waals surface area contributed by atoms with Crippen LogP contribution in [-0.4, -0.2) is 46.6 Å². The number of cyclic esters (lactones) is 1. The van der Waals surface area contributed by atoms with Gasteiger partial charge in [-0.3, -0.25) is 14.4 Å². The smallest absolute Gasteiger partial charge is 0.329 e. The van der Waals surface area contributed by atoms with Crippen molar-refractivity contribution in [2.45, 2.75) is 44.9 Å². The lowest BCUT2D eigenvalue weighted by Gasteiger charge is -2.22. The molecule has 38 heavy (non-hydrogen) atoms. The van der Waals surface area contributed by atoms with Crippen molar-refractivity contribution in [3.63, 3.8) is 0 Å². The third kappa shape index (κ3) is 8.27. The van der Waals surface area contributed by atoms with Gasteiger partial charge in [0, 0.05) is 6.42 Å². The lowest BCUT2D eigenvalue weighted by molar-refractivity contribution is -0.151. The summed E-state index contributed by atoms with van der Waals surface area (Å²) >= 11 is 4.16. The minimum absolute atomic E-state index is 0.0893. The summed E-state index contributed by atoms with van der Waals surface area (Å²) in [6.07, 6.45) is 4.25. The Kier molecular flexibility index (Phi) is 10.6. The number of rotatable bonds is 5. The molecule has 0 radical (unpaired) electrons. The third-order valence-electron chi connectivity index (χ3n) is 5.54. The molecule has 1 aromatic carbocycles. The molecule has 11 heteroatoms. The number of amides is 3. The first-order chi connectivity index (χ1) is 18.3. The molecule has 2 atom stereocenters. The molecule has 0 saturated carbocycles. The number of fused-ring (bicyclic) bond motifs is 2. The SMILES string of the molecule is C/C=C1\NC(=O)c2nc(ccc2F)CNC(=O)C[C@@H](/C=C/CCS)OC(=O)[C@H](Cc2ccccc2)NC1=O. The Labute approximate surface area is 225 Å². The molecule has 1 aliphatic rings. The van der Waals surface area contributed by atoms with Gasteiger partial charge in [-0.15, -0.1) is 0 Å². The van der Waals surface area contributed by atoms with Crippen molar-refractivity contribution < 1.29 is 28.3 Å². The molecule has 0 fully saturated rings. The third-order valence-corrected chi connectivity index (χ3v) is 5.80. The Hall–Kier alpha value is -3.99. The first-order valence-corrected chi connectivity index (χ1v) is 12.7. The van der Waals surface area contributed by atoms with E-state index in [9.17, 15) is 23.6 Å². The van der Waals surface area contributed by atoms with E-state index in [1.807, 2.05) is 6.07 Å². The maximum atomic E-state index is 14.4. The number of benzene rings is 1. The summed E-state index contributed by atoms with van der Waals surface area (Å²) in [6, 6.07) is 10.2. The Morgan fingerprint density at radius 3 is 2.58 bits per heavy atom. The summed E-state index contributed by atoms with van der Waals surface area (Å²) < 4.78 is 20.1. The number of hydrogen-bond acceptors (Lipinski definition) is 7. The summed E-state index contributed by atoms with van der Waals surface area (Å²) in [5.41, 5.74) is 0.241. The highest BCUT2D eigenvalue weighted by atomic mass is 32.1. The maximum absolute atomic E-state index is 14.4. The van der Waals surface area contributed by atoms with E-state index in [0.29, 0.717) is 12.2 Å². The van der Waals surface area contributed by atoms with Crippen LogP contribution in [0, 0.1) is 5.82 Å². The molecule has 1 aliphatic heterocycles. The second kappa shape index (κ2) is 14.1. The standard InChI is InChI=1S/C27H29FN4O5S/c1-2-21-25(34)32-22(14-17-8-4-3-5-9-17)27(36)37-19(10-6-7-13-38)15-23(33)29-16-18-11-12-20(28)24(30-18)26(35)31-21/h2-6,8-12,19,22,38H,7,13-16H2,1H3,(H,29,33)(H,31,35)(H,32,34)/b10-6+,21-2-/t19-,22+/m1/s1. The fourth-order valence-corrected chi connectivity index (χ4v) is 3.76. The number of pyridine rings is 1. The van der Waals surface area contributed by atoms with E-state index in [4.69, 9.17) is 4.74 Å². The number of carbonyl (C=O) groups excluding carboxylic acids is 4. The zero-order valence-electron chi connectivity index (χ0n) is 20.8. The van der Waals surface area contributed by atoms with Crippen molar-refractivity contribution in [2.75, 3.05) is 5.75 Å². The minimum atomic E-state index is -1.15. The highest BCUT2D eigenvalue weighted by Gasteiger charge is 2.28. The minimum Gasteiger partial charge on any atom is -0.456 e. The zero-order chi connectivity index (χ0) is 27.5. The summed E-state index contributed by atoms with van der Waals surface area (Å²) in [4.78, 5) is 55.7. The van der Waals surface area contributed by atoms with Crippen LogP contribution in [0.3, 0.4) is 0 Å². The average Bonchev–Trinajstić information content (AvgIpc) is 2.90. The molecular weight excluding hydrogens is 511 g/mol. The predicted octanol–water partition coefficient (Wildman–Crippen LogP) is 2.39. The Morgan fingerprint density at radius 1 is 1.11 bits per heavy atom. The number of thiol groups is 1. The largest absolute Gasteiger partial charge is 0.456 e. The van der Waals surface area contributed by atoms with Crippen molar-refractivity contribution in [3.8, 4) is 0 Å². The van der Waals surface area contributed by atoms with Crippen molar-refractivity contribution in [1.82, 2.24) is 20.9 Å². The van der Waals surface area contributed by atoms with E-state index in [1.165, 1.54) is 19.1 Å². The second-order valence-electron chi connectivity index (χ2n) is 8.40. The quantitative estimate of drug-likeness (QED) is 0.200. The van der Waals surface area contributed by atoms with Crippen molar-refractivity contribution in [1.29, 1.82) is 0 Å². The van der Waals surface area contributed by atoms with Crippen LogP contribution in [0.15, 0.2) is 66.4 Å². The lowest BCUT2D eigenvalue weighted by atomic mass is 10.1. The summed E-state index contributed by atoms with van der Waals surface area (Å²) in [5, 5.41) is 7.58. The van der Waals surface area contributed by atoms with E-state index in [0.717, 1.165) is 11.6 Å². The first kappa shape index (κ1) is 28.6. The molecule has 0 spiro atoms. The highest BCUT2D eigenvalue weighted by Crippen LogP contribution is 2.12. The van der Waals surface area contributed by atoms with Gasteiger partial charge >= 0.3 is 5.97 Å². The fraction of sp³-hybridized carbons (Fsp3) is 0.296. The van der Waals surface area contributed by atoms with Crippen molar-refractivity contribution >= 4 is 36.3 Å². The van der Waals surface area contributed by atoms with Crippen molar-refractivity contribution in [2.24, 2.45) is 0 Å². The van der Waals surface area contributed by atoms with Gasteiger partial charge in [0.1, 0.15) is 17.8 Å². The van der Waals surface area contributed by atoms with E-state index >= 15 is 0 Å². The van der Waals surface area contributed by atoms with Crippen LogP contribution in [0.5, 0.6) is 0 Å². The lowest BCUT2D eigenvalue weighted by Crippen LogP contribution is -2.47. The van der Waals surface area contributed by atoms with Gasteiger partial charge in [-0.1, -0.05) is 42.5 Å². The van der Waals surface area contributed by atoms with E-state index in [-0.39, 0.29) is 30.8 Å². The summed E-state index contributed by atoms with van der Waals surface area (Å²) in [7, 11) is 0. The van der Waals surface area contributed by atoms with Crippen LogP contribution in [-0.2, 0) is 32.1 Å². The monoisotopic (exact) mass is 540 g/mol. The van der Waals surface area contributed by atoms with Crippen molar-refractivity contribution in [3.05, 3.63) is 89.2 Å². The van der Waals surface area contributed by atoms with Gasteiger partial charge < -0.3 is 20.7 Å². The molecule has 0 unspecified atom stereocenters. The van der Waals surface area contributed by atoms with E-state index in [2.05, 4.69) is 33.6 Å². The summed E-state index contributed by atoms with van der Waals surface area (Å²) in [6.45, 7) is 1.42. The van der Waals surface area contributed by atoms with Crippen LogP contribution in [0.2, 0.25) is 0 Å². The van der Waals surface area contributed by atoms with Crippen LogP contribution >= 0.6 is 12.6 Å². The fourth-order valence-electron chi connectivity index (χ4n) is 3.61. The van der Waals surface area contributed by atoms with Gasteiger partial charge in [-0.25, -0.2) is 14.2 Å². The Morgan fingerprint density at radius 2 is 1.87 bits per heavy atom. The van der Waals surface area contributed by atoms with Gasteiger partial charge in [0.15, 0.2) is 11.5 Å². The number of ether oxygens (including phenoxy) is 1. The number of aromatic nitrogens is 1. The molecule has 9 nitrogen and oxygen atoms in total. The number of halogens is 1. The topological polar surface area (TPSA) is 126 Å². The van der Waals surface area contributed by atoms with Gasteiger partial charge in [0.25, 0.3) is 11.8 Å². The molecule has 1 aromatic heterocycles. The van der Waals surface area contributed by atoms with Gasteiger partial charge in [0.05, 0.1) is 18.7 Å². The zero-order valence-corrected chi connectivity index (χ0v) is 21.7. The molecule has 2 bridgehead atoms. The van der Waals surface area contributed by atoms with Crippen LogP contribution in [0.4, 0.5) is 4.39 Å². The molecule has 3 rings (SSSR count). The highest BCUT2D eigenvalue weighted by molar-refractivity contribution is 7.80. The molecule has 3 N–H and O–H groups in total. The molecule has 0 saturated heterocycles. The summed E-state index contributed by atoms with van der Waals surface area (Å²) in [5.74, 6) is -3.28. The first-order valence-electron chi connectivity index (χ1n) is 12.0. The van der Waals surface area contributed by atoms with E-state index in [1.54, 1.807) is 36.4 Å². The molecule has 2 aromatic rings. The maximum Gasteiger partial charge on any atom is 0.329 e. The molecule has 0 aliphatic carbocycles. The van der Waals surface area contributed by atoms with Crippen LogP contribution in [0.1, 0.15) is 41.5 Å². The number of esters is 1. The Bertz CT molecular complexity index is 1240. The van der Waals surface area contributed by atoms with Gasteiger partial charge in [-0.2, -0.15) is 12.6 Å². The number of nitrogens with zero attached hydrogens (tertiary/aromatic N) is 1. The van der Waals surface area contributed by atoms with E-state index < -0.39 is 47.3 Å². The number of carbonyl (C=O) groups is 4. The molecular formula is C27H29FN4O5S. The number of allylic oxidation sites excluding steroid dienone is 2. The average molecular weight is 541 g/mol. The van der Waals surface area contributed by atoms with Crippen LogP contribution < -0.4 is 16.0 Å². The molecule has 200 valence electrons. The number of hydrogen-bond donors (Lipinski definition) is 4. The van der Waals surface area contributed by atoms with Gasteiger partial charge in [-0.05, 0) is 42.9 Å². The molecule has 2 heterocycles. The van der Waals surface area contributed by atoms with Crippen LogP contribution in [0.25, 0.3) is 0 Å². The number of nitrogens with one attached hydrogen (secondary N) is 3. The van der Waals surface area contributed by atoms with Gasteiger partial charge in [0.2, 0.25) is 5.91 Å².